The van der Waals surface area contributed by atoms with Crippen molar-refractivity contribution >= 4 is 24.0 Å². The summed E-state index contributed by atoms with van der Waals surface area (Å²) in [7, 11) is 0. The zero-order valence-corrected chi connectivity index (χ0v) is 10.5. The Labute approximate surface area is 110 Å². The van der Waals surface area contributed by atoms with E-state index in [0.29, 0.717) is 6.42 Å². The number of carbonyl (C=O) groups is 1. The Hall–Kier alpha value is -1.20. The number of nitrogens with one attached hydrogen (secondary N) is 1. The minimum Gasteiger partial charge on any atom is -0.327 e. The number of halogens is 3. The minimum atomic E-state index is -1.03. The van der Waals surface area contributed by atoms with Crippen LogP contribution in [0.2, 0.25) is 0 Å². The zero-order valence-electron chi connectivity index (χ0n) is 9.66. The van der Waals surface area contributed by atoms with Gasteiger partial charge in [0, 0.05) is 6.04 Å². The van der Waals surface area contributed by atoms with Gasteiger partial charge in [-0.2, -0.15) is 0 Å². The normalized spacial score (nSPS) is 22.4. The van der Waals surface area contributed by atoms with E-state index in [1.54, 1.807) is 0 Å². The third-order valence-corrected chi connectivity index (χ3v) is 3.12. The third kappa shape index (κ3) is 2.97. The maximum Gasteiger partial charge on any atom is 0.229 e. The van der Waals surface area contributed by atoms with Crippen LogP contribution >= 0.6 is 12.4 Å². The van der Waals surface area contributed by atoms with E-state index in [0.717, 1.165) is 18.9 Å². The van der Waals surface area contributed by atoms with Gasteiger partial charge in [-0.25, -0.2) is 8.78 Å². The number of nitrogens with two attached hydrogens (primary N) is 1. The topological polar surface area (TPSA) is 55.1 Å². The van der Waals surface area contributed by atoms with E-state index in [9.17, 15) is 13.6 Å². The maximum atomic E-state index is 13.3. The molecule has 1 aliphatic rings. The van der Waals surface area contributed by atoms with Crippen molar-refractivity contribution < 1.29 is 13.6 Å². The SMILES string of the molecule is Cl.NC1CCCC1C(=O)Nc1cccc(F)c1F. The van der Waals surface area contributed by atoms with Crippen molar-refractivity contribution in [2.24, 2.45) is 11.7 Å². The van der Waals surface area contributed by atoms with Crippen LogP contribution in [-0.4, -0.2) is 11.9 Å². The fourth-order valence-corrected chi connectivity index (χ4v) is 2.14. The van der Waals surface area contributed by atoms with Gasteiger partial charge in [0.15, 0.2) is 11.6 Å². The van der Waals surface area contributed by atoms with Gasteiger partial charge in [-0.15, -0.1) is 12.4 Å². The molecule has 2 rings (SSSR count). The van der Waals surface area contributed by atoms with Gasteiger partial charge in [0.05, 0.1) is 11.6 Å². The van der Waals surface area contributed by atoms with E-state index in [1.807, 2.05) is 0 Å². The maximum absolute atomic E-state index is 13.3. The average molecular weight is 277 g/mol. The van der Waals surface area contributed by atoms with E-state index in [2.05, 4.69) is 5.32 Å². The molecule has 1 aromatic rings. The summed E-state index contributed by atoms with van der Waals surface area (Å²) in [4.78, 5) is 11.8. The second-order valence-electron chi connectivity index (χ2n) is 4.29. The number of amides is 1. The van der Waals surface area contributed by atoms with Crippen LogP contribution in [0.5, 0.6) is 0 Å². The number of hydrogen-bond acceptors (Lipinski definition) is 2. The van der Waals surface area contributed by atoms with Gasteiger partial charge in [0.2, 0.25) is 5.91 Å². The van der Waals surface area contributed by atoms with Gasteiger partial charge in [0.1, 0.15) is 0 Å². The molecule has 0 aromatic heterocycles. The van der Waals surface area contributed by atoms with Crippen LogP contribution in [0.1, 0.15) is 19.3 Å². The lowest BCUT2D eigenvalue weighted by Gasteiger charge is -2.15. The lowest BCUT2D eigenvalue weighted by atomic mass is 10.0. The Morgan fingerprint density at radius 3 is 2.67 bits per heavy atom. The molecule has 1 fully saturated rings. The molecule has 1 aliphatic carbocycles. The Balaban J connectivity index is 0.00000162. The first kappa shape index (κ1) is 14.9. The van der Waals surface area contributed by atoms with E-state index in [1.165, 1.54) is 12.1 Å². The Bertz CT molecular complexity index is 442. The molecule has 6 heteroatoms. The molecule has 2 unspecified atom stereocenters. The quantitative estimate of drug-likeness (QED) is 0.872. The van der Waals surface area contributed by atoms with Crippen molar-refractivity contribution in [1.29, 1.82) is 0 Å². The van der Waals surface area contributed by atoms with Crippen molar-refractivity contribution in [3.8, 4) is 0 Å². The van der Waals surface area contributed by atoms with E-state index >= 15 is 0 Å². The van der Waals surface area contributed by atoms with Crippen molar-refractivity contribution in [2.45, 2.75) is 25.3 Å². The number of anilines is 1. The summed E-state index contributed by atoms with van der Waals surface area (Å²) in [5.74, 6) is -2.65. The molecule has 18 heavy (non-hydrogen) atoms. The molecular formula is C12H15ClF2N2O. The van der Waals surface area contributed by atoms with Crippen LogP contribution in [-0.2, 0) is 4.79 Å². The molecular weight excluding hydrogens is 262 g/mol. The summed E-state index contributed by atoms with van der Waals surface area (Å²) in [5, 5.41) is 2.39. The summed E-state index contributed by atoms with van der Waals surface area (Å²) in [5.41, 5.74) is 5.64. The summed E-state index contributed by atoms with van der Waals surface area (Å²) in [6, 6.07) is 3.50. The molecule has 3 N–H and O–H groups in total. The second kappa shape index (κ2) is 6.11. The molecule has 100 valence electrons. The number of hydrogen-bond donors (Lipinski definition) is 2. The standard InChI is InChI=1S/C12H14F2N2O.ClH/c13-8-4-2-6-10(11(8)14)16-12(17)7-3-1-5-9(7)15;/h2,4,6-7,9H,1,3,5,15H2,(H,16,17);1H. The molecule has 0 aliphatic heterocycles. The number of rotatable bonds is 2. The van der Waals surface area contributed by atoms with Crippen LogP contribution in [0, 0.1) is 17.6 Å². The molecule has 0 radical (unpaired) electrons. The monoisotopic (exact) mass is 276 g/mol. The molecule has 0 heterocycles. The third-order valence-electron chi connectivity index (χ3n) is 3.12. The van der Waals surface area contributed by atoms with Crippen LogP contribution in [0.25, 0.3) is 0 Å². The second-order valence-corrected chi connectivity index (χ2v) is 4.29. The van der Waals surface area contributed by atoms with Crippen LogP contribution in [0.4, 0.5) is 14.5 Å². The lowest BCUT2D eigenvalue weighted by Crippen LogP contribution is -2.34. The first-order valence-corrected chi connectivity index (χ1v) is 5.60. The molecule has 0 spiro atoms. The van der Waals surface area contributed by atoms with Gasteiger partial charge in [-0.1, -0.05) is 12.5 Å². The molecule has 1 amide bonds. The van der Waals surface area contributed by atoms with E-state index < -0.39 is 11.6 Å². The summed E-state index contributed by atoms with van der Waals surface area (Å²) in [6.45, 7) is 0. The molecule has 3 nitrogen and oxygen atoms in total. The highest BCUT2D eigenvalue weighted by molar-refractivity contribution is 5.93. The molecule has 1 aromatic carbocycles. The van der Waals surface area contributed by atoms with Gasteiger partial charge < -0.3 is 11.1 Å². The van der Waals surface area contributed by atoms with Crippen LogP contribution in [0.3, 0.4) is 0 Å². The van der Waals surface area contributed by atoms with E-state index in [4.69, 9.17) is 5.73 Å². The Kier molecular flexibility index (Phi) is 5.04. The number of benzene rings is 1. The first-order chi connectivity index (χ1) is 8.09. The van der Waals surface area contributed by atoms with Crippen LogP contribution in [0.15, 0.2) is 18.2 Å². The van der Waals surface area contributed by atoms with Crippen LogP contribution < -0.4 is 11.1 Å². The molecule has 2 atom stereocenters. The molecule has 0 bridgehead atoms. The predicted molar refractivity (Wildman–Crippen MR) is 67.6 cm³/mol. The first-order valence-electron chi connectivity index (χ1n) is 5.60. The van der Waals surface area contributed by atoms with Gasteiger partial charge in [-0.3, -0.25) is 4.79 Å². The van der Waals surface area contributed by atoms with Crippen molar-refractivity contribution in [3.05, 3.63) is 29.8 Å². The van der Waals surface area contributed by atoms with E-state index in [-0.39, 0.29) is 36.0 Å². The molecule has 1 saturated carbocycles. The van der Waals surface area contributed by atoms with Crippen molar-refractivity contribution in [1.82, 2.24) is 0 Å². The predicted octanol–water partition coefficient (Wildman–Crippen LogP) is 2.45. The van der Waals surface area contributed by atoms with Gasteiger partial charge in [-0.05, 0) is 25.0 Å². The minimum absolute atomic E-state index is 0. The average Bonchev–Trinajstić information content (AvgIpc) is 2.71. The fourth-order valence-electron chi connectivity index (χ4n) is 2.14. The highest BCUT2D eigenvalue weighted by Crippen LogP contribution is 2.26. The summed E-state index contributed by atoms with van der Waals surface area (Å²) in [6.07, 6.45) is 2.39. The van der Waals surface area contributed by atoms with Gasteiger partial charge >= 0.3 is 0 Å². The lowest BCUT2D eigenvalue weighted by molar-refractivity contribution is -0.120. The highest BCUT2D eigenvalue weighted by atomic mass is 35.5. The molecule has 0 saturated heterocycles. The summed E-state index contributed by atoms with van der Waals surface area (Å²) >= 11 is 0. The summed E-state index contributed by atoms with van der Waals surface area (Å²) < 4.78 is 26.3. The van der Waals surface area contributed by atoms with Crippen molar-refractivity contribution in [3.63, 3.8) is 0 Å². The largest absolute Gasteiger partial charge is 0.327 e. The zero-order chi connectivity index (χ0) is 12.4. The number of carbonyl (C=O) groups excluding carboxylic acids is 1. The van der Waals surface area contributed by atoms with Gasteiger partial charge in [0.25, 0.3) is 0 Å². The Morgan fingerprint density at radius 2 is 2.06 bits per heavy atom. The fraction of sp³-hybridized carbons (Fsp3) is 0.417. The smallest absolute Gasteiger partial charge is 0.229 e. The Morgan fingerprint density at radius 1 is 1.33 bits per heavy atom. The van der Waals surface area contributed by atoms with Crippen molar-refractivity contribution in [2.75, 3.05) is 5.32 Å². The highest BCUT2D eigenvalue weighted by Gasteiger charge is 2.30.